The van der Waals surface area contributed by atoms with E-state index in [1.54, 1.807) is 0 Å². The van der Waals surface area contributed by atoms with E-state index in [1.807, 2.05) is 13.0 Å². The van der Waals surface area contributed by atoms with Crippen molar-refractivity contribution in [1.29, 1.82) is 0 Å². The molecule has 1 aromatic carbocycles. The average molecular weight is 230 g/mol. The van der Waals surface area contributed by atoms with E-state index in [-0.39, 0.29) is 0 Å². The van der Waals surface area contributed by atoms with Crippen molar-refractivity contribution in [3.05, 3.63) is 52.9 Å². The van der Waals surface area contributed by atoms with Gasteiger partial charge < -0.3 is 9.84 Å². The molecule has 3 heteroatoms. The fourth-order valence-corrected chi connectivity index (χ4v) is 1.81. The molecule has 90 valence electrons. The quantitative estimate of drug-likeness (QED) is 0.876. The molecule has 1 N–H and O–H groups in total. The van der Waals surface area contributed by atoms with Crippen LogP contribution in [0.25, 0.3) is 0 Å². The van der Waals surface area contributed by atoms with Crippen molar-refractivity contribution < 1.29 is 4.52 Å². The lowest BCUT2D eigenvalue weighted by Gasteiger charge is -2.13. The summed E-state index contributed by atoms with van der Waals surface area (Å²) in [6, 6.07) is 10.8. The van der Waals surface area contributed by atoms with Gasteiger partial charge in [0, 0.05) is 12.1 Å². The van der Waals surface area contributed by atoms with Gasteiger partial charge in [0.1, 0.15) is 0 Å². The van der Waals surface area contributed by atoms with Crippen LogP contribution in [0.15, 0.2) is 34.9 Å². The fraction of sp³-hybridized carbons (Fsp3) is 0.357. The third kappa shape index (κ3) is 3.17. The Morgan fingerprint density at radius 3 is 2.76 bits per heavy atom. The first-order chi connectivity index (χ1) is 8.15. The van der Waals surface area contributed by atoms with E-state index in [9.17, 15) is 0 Å². The molecule has 3 nitrogen and oxygen atoms in total. The standard InChI is InChI=1S/C14H18N2O/c1-10-5-4-6-13(7-10)12(3)15-9-14-8-11(2)16-17-14/h4-8,12,15H,9H2,1-3H3. The minimum Gasteiger partial charge on any atom is -0.360 e. The Labute approximate surface area is 102 Å². The van der Waals surface area contributed by atoms with Gasteiger partial charge in [0.25, 0.3) is 0 Å². The first-order valence-electron chi connectivity index (χ1n) is 5.87. The first-order valence-corrected chi connectivity index (χ1v) is 5.87. The van der Waals surface area contributed by atoms with Gasteiger partial charge in [-0.05, 0) is 26.3 Å². The van der Waals surface area contributed by atoms with Crippen LogP contribution in [0.5, 0.6) is 0 Å². The summed E-state index contributed by atoms with van der Waals surface area (Å²) in [6.45, 7) is 6.89. The number of nitrogens with one attached hydrogen (secondary N) is 1. The van der Waals surface area contributed by atoms with Crippen molar-refractivity contribution in [2.24, 2.45) is 0 Å². The van der Waals surface area contributed by atoms with Gasteiger partial charge in [0.05, 0.1) is 12.2 Å². The molecule has 0 aliphatic heterocycles. The number of benzene rings is 1. The van der Waals surface area contributed by atoms with Crippen molar-refractivity contribution in [2.45, 2.75) is 33.4 Å². The van der Waals surface area contributed by atoms with Gasteiger partial charge in [0.15, 0.2) is 5.76 Å². The molecule has 0 saturated carbocycles. The summed E-state index contributed by atoms with van der Waals surface area (Å²) in [6.07, 6.45) is 0. The predicted molar refractivity (Wildman–Crippen MR) is 67.7 cm³/mol. The van der Waals surface area contributed by atoms with Gasteiger partial charge in [-0.15, -0.1) is 0 Å². The molecular formula is C14H18N2O. The van der Waals surface area contributed by atoms with Crippen LogP contribution in [-0.2, 0) is 6.54 Å². The molecule has 0 aliphatic rings. The molecule has 0 spiro atoms. The number of hydrogen-bond donors (Lipinski definition) is 1. The number of nitrogens with zero attached hydrogens (tertiary/aromatic N) is 1. The zero-order valence-corrected chi connectivity index (χ0v) is 10.5. The molecule has 2 rings (SSSR count). The molecule has 0 aliphatic carbocycles. The number of aryl methyl sites for hydroxylation is 2. The number of hydrogen-bond acceptors (Lipinski definition) is 3. The van der Waals surface area contributed by atoms with Crippen molar-refractivity contribution in [3.63, 3.8) is 0 Å². The van der Waals surface area contributed by atoms with Crippen molar-refractivity contribution in [1.82, 2.24) is 10.5 Å². The SMILES string of the molecule is Cc1cccc(C(C)NCc2cc(C)no2)c1. The van der Waals surface area contributed by atoms with Crippen LogP contribution in [-0.4, -0.2) is 5.16 Å². The lowest BCUT2D eigenvalue weighted by molar-refractivity contribution is 0.363. The molecule has 2 aromatic rings. The van der Waals surface area contributed by atoms with Crippen LogP contribution in [0.1, 0.15) is 35.5 Å². The monoisotopic (exact) mass is 230 g/mol. The van der Waals surface area contributed by atoms with E-state index >= 15 is 0 Å². The van der Waals surface area contributed by atoms with E-state index in [4.69, 9.17) is 4.52 Å². The lowest BCUT2D eigenvalue weighted by Crippen LogP contribution is -2.17. The van der Waals surface area contributed by atoms with Crippen LogP contribution in [0, 0.1) is 13.8 Å². The summed E-state index contributed by atoms with van der Waals surface area (Å²) in [5.74, 6) is 0.877. The molecule has 1 heterocycles. The highest BCUT2D eigenvalue weighted by atomic mass is 16.5. The van der Waals surface area contributed by atoms with Crippen LogP contribution in [0.4, 0.5) is 0 Å². The maximum Gasteiger partial charge on any atom is 0.150 e. The molecule has 0 radical (unpaired) electrons. The molecule has 1 unspecified atom stereocenters. The predicted octanol–water partition coefficient (Wildman–Crippen LogP) is 3.14. The molecule has 1 atom stereocenters. The van der Waals surface area contributed by atoms with Crippen molar-refractivity contribution in [3.8, 4) is 0 Å². The van der Waals surface area contributed by atoms with Crippen LogP contribution in [0.3, 0.4) is 0 Å². The fourth-order valence-electron chi connectivity index (χ4n) is 1.81. The van der Waals surface area contributed by atoms with Crippen LogP contribution < -0.4 is 5.32 Å². The molecular weight excluding hydrogens is 212 g/mol. The molecule has 1 aromatic heterocycles. The first kappa shape index (κ1) is 11.9. The summed E-state index contributed by atoms with van der Waals surface area (Å²) in [4.78, 5) is 0. The largest absolute Gasteiger partial charge is 0.360 e. The molecule has 0 amide bonds. The Morgan fingerprint density at radius 2 is 2.12 bits per heavy atom. The van der Waals surface area contributed by atoms with Gasteiger partial charge in [0.2, 0.25) is 0 Å². The lowest BCUT2D eigenvalue weighted by atomic mass is 10.1. The van der Waals surface area contributed by atoms with E-state index in [0.29, 0.717) is 12.6 Å². The minimum absolute atomic E-state index is 0.306. The Hall–Kier alpha value is -1.61. The molecule has 0 fully saturated rings. The van der Waals surface area contributed by atoms with Gasteiger partial charge in [-0.1, -0.05) is 35.0 Å². The highest BCUT2D eigenvalue weighted by Crippen LogP contribution is 2.14. The van der Waals surface area contributed by atoms with E-state index in [1.165, 1.54) is 11.1 Å². The Morgan fingerprint density at radius 1 is 1.29 bits per heavy atom. The highest BCUT2D eigenvalue weighted by Gasteiger charge is 2.06. The molecule has 0 bridgehead atoms. The molecule has 0 saturated heterocycles. The Kier molecular flexibility index (Phi) is 3.59. The summed E-state index contributed by atoms with van der Waals surface area (Å²) in [7, 11) is 0. The number of aromatic nitrogens is 1. The van der Waals surface area contributed by atoms with E-state index < -0.39 is 0 Å². The topological polar surface area (TPSA) is 38.1 Å². The Bertz CT molecular complexity index is 490. The summed E-state index contributed by atoms with van der Waals surface area (Å²) < 4.78 is 5.16. The van der Waals surface area contributed by atoms with Crippen LogP contribution >= 0.6 is 0 Å². The van der Waals surface area contributed by atoms with Crippen molar-refractivity contribution >= 4 is 0 Å². The van der Waals surface area contributed by atoms with Gasteiger partial charge in [-0.2, -0.15) is 0 Å². The maximum atomic E-state index is 5.16. The van der Waals surface area contributed by atoms with Crippen molar-refractivity contribution in [2.75, 3.05) is 0 Å². The highest BCUT2D eigenvalue weighted by molar-refractivity contribution is 5.24. The number of rotatable bonds is 4. The van der Waals surface area contributed by atoms with E-state index in [0.717, 1.165) is 11.5 Å². The average Bonchev–Trinajstić information content (AvgIpc) is 2.72. The van der Waals surface area contributed by atoms with Gasteiger partial charge >= 0.3 is 0 Å². The third-order valence-electron chi connectivity index (χ3n) is 2.80. The van der Waals surface area contributed by atoms with Gasteiger partial charge in [-0.3, -0.25) is 0 Å². The zero-order valence-electron chi connectivity index (χ0n) is 10.5. The summed E-state index contributed by atoms with van der Waals surface area (Å²) in [5, 5.41) is 7.29. The normalized spacial score (nSPS) is 12.6. The second kappa shape index (κ2) is 5.15. The van der Waals surface area contributed by atoms with Gasteiger partial charge in [-0.25, -0.2) is 0 Å². The third-order valence-corrected chi connectivity index (χ3v) is 2.80. The zero-order chi connectivity index (χ0) is 12.3. The summed E-state index contributed by atoms with van der Waals surface area (Å²) in [5.41, 5.74) is 3.50. The van der Waals surface area contributed by atoms with E-state index in [2.05, 4.69) is 48.6 Å². The molecule has 17 heavy (non-hydrogen) atoms. The second-order valence-electron chi connectivity index (χ2n) is 4.45. The smallest absolute Gasteiger partial charge is 0.150 e. The second-order valence-corrected chi connectivity index (χ2v) is 4.45. The van der Waals surface area contributed by atoms with Crippen LogP contribution in [0.2, 0.25) is 0 Å². The maximum absolute atomic E-state index is 5.16. The summed E-state index contributed by atoms with van der Waals surface area (Å²) >= 11 is 0. The Balaban J connectivity index is 1.95. The minimum atomic E-state index is 0.306.